The molecular weight excluding hydrogens is 449 g/mol. The van der Waals surface area contributed by atoms with Crippen molar-refractivity contribution in [3.63, 3.8) is 0 Å². The lowest BCUT2D eigenvalue weighted by Crippen LogP contribution is -2.35. The Bertz CT molecular complexity index is 1500. The van der Waals surface area contributed by atoms with Crippen molar-refractivity contribution >= 4 is 20.9 Å². The van der Waals surface area contributed by atoms with Gasteiger partial charge < -0.3 is 0 Å². The molecule has 1 aliphatic carbocycles. The molecule has 6 rings (SSSR count). The monoisotopic (exact) mass is 475 g/mol. The third-order valence-corrected chi connectivity index (χ3v) is 9.55. The highest BCUT2D eigenvalue weighted by atomic mass is 32.2. The third-order valence-electron chi connectivity index (χ3n) is 7.75. The fraction of sp³-hybridized carbons (Fsp3) is 0.296. The van der Waals surface area contributed by atoms with Crippen molar-refractivity contribution in [1.82, 2.24) is 14.1 Å². The van der Waals surface area contributed by atoms with Gasteiger partial charge in [0.2, 0.25) is 10.0 Å². The average molecular weight is 476 g/mol. The fourth-order valence-electron chi connectivity index (χ4n) is 6.08. The van der Waals surface area contributed by atoms with Gasteiger partial charge in [-0.1, -0.05) is 30.3 Å². The van der Waals surface area contributed by atoms with Crippen molar-refractivity contribution in [2.24, 2.45) is 5.92 Å². The highest BCUT2D eigenvalue weighted by molar-refractivity contribution is 7.89. The number of rotatable bonds is 5. The van der Waals surface area contributed by atoms with E-state index in [1.54, 1.807) is 23.4 Å². The molecule has 0 N–H and O–H groups in total. The van der Waals surface area contributed by atoms with E-state index >= 15 is 0 Å². The van der Waals surface area contributed by atoms with Crippen molar-refractivity contribution in [3.05, 3.63) is 95.4 Å². The van der Waals surface area contributed by atoms with Crippen molar-refractivity contribution in [3.8, 4) is 5.69 Å². The number of nitrogens with zero attached hydrogens (tertiary/aromatic N) is 3. The zero-order valence-electron chi connectivity index (χ0n) is 19.1. The number of benzene rings is 3. The Balaban J connectivity index is 1.47. The topological polar surface area (TPSA) is 55.2 Å². The number of piperidine rings is 1. The molecule has 0 bridgehead atoms. The summed E-state index contributed by atoms with van der Waals surface area (Å²) in [5.41, 5.74) is 5.10. The van der Waals surface area contributed by atoms with E-state index < -0.39 is 10.0 Å². The van der Waals surface area contributed by atoms with Gasteiger partial charge in [0.15, 0.2) is 0 Å². The van der Waals surface area contributed by atoms with Gasteiger partial charge in [0, 0.05) is 29.8 Å². The lowest BCUT2D eigenvalue weighted by Gasteiger charge is -2.25. The van der Waals surface area contributed by atoms with Gasteiger partial charge in [-0.15, -0.1) is 0 Å². The molecule has 174 valence electrons. The van der Waals surface area contributed by atoms with Gasteiger partial charge in [0.1, 0.15) is 5.82 Å². The molecule has 7 heteroatoms. The number of aryl methyl sites for hydroxylation is 1. The van der Waals surface area contributed by atoms with Crippen molar-refractivity contribution in [1.29, 1.82) is 0 Å². The van der Waals surface area contributed by atoms with Gasteiger partial charge in [-0.2, -0.15) is 5.10 Å². The van der Waals surface area contributed by atoms with E-state index in [1.165, 1.54) is 23.3 Å². The maximum atomic E-state index is 13.4. The molecule has 2 fully saturated rings. The first kappa shape index (κ1) is 21.5. The van der Waals surface area contributed by atoms with Crippen LogP contribution in [0.15, 0.2) is 72.9 Å². The minimum atomic E-state index is -3.26. The Labute approximate surface area is 198 Å². The van der Waals surface area contributed by atoms with E-state index in [2.05, 4.69) is 48.4 Å². The third kappa shape index (κ3) is 3.07. The molecule has 2 aliphatic rings. The van der Waals surface area contributed by atoms with E-state index in [1.807, 2.05) is 16.9 Å². The zero-order valence-corrected chi connectivity index (χ0v) is 20.0. The summed E-state index contributed by atoms with van der Waals surface area (Å²) in [4.78, 5) is 0. The van der Waals surface area contributed by atoms with Crippen LogP contribution >= 0.6 is 0 Å². The first-order valence-corrected chi connectivity index (χ1v) is 13.2. The molecule has 1 aromatic heterocycles. The summed E-state index contributed by atoms with van der Waals surface area (Å²) < 4.78 is 42.4. The summed E-state index contributed by atoms with van der Waals surface area (Å²) in [7, 11) is -3.26. The minimum absolute atomic E-state index is 0.119. The fourth-order valence-corrected chi connectivity index (χ4v) is 7.25. The standard InChI is InChI=1S/C27H26FN3O2S/c1-3-34(32,33)30-16-24-26(19-7-5-4-6-8-19)27(24,17-30)23-14-20-15-29-31(25(20)13-18(23)2)22-11-9-21(28)10-12-22/h4-15,24,26H,3,16-17H2,1-2H3. The SMILES string of the molecule is CCS(=O)(=O)N1CC2C(c3ccccc3)C2(c2cc3cnn(-c4ccc(F)cc4)c3cc2C)C1. The summed E-state index contributed by atoms with van der Waals surface area (Å²) in [6, 6.07) is 21.1. The van der Waals surface area contributed by atoms with E-state index in [9.17, 15) is 12.8 Å². The number of halogens is 1. The highest BCUT2D eigenvalue weighted by Gasteiger charge is 2.71. The molecule has 5 nitrogen and oxygen atoms in total. The smallest absolute Gasteiger partial charge is 0.213 e. The molecule has 3 atom stereocenters. The summed E-state index contributed by atoms with van der Waals surface area (Å²) in [5.74, 6) is 0.381. The molecule has 4 aromatic rings. The van der Waals surface area contributed by atoms with E-state index in [4.69, 9.17) is 0 Å². The Hall–Kier alpha value is -3.03. The predicted octanol–water partition coefficient (Wildman–Crippen LogP) is 4.79. The summed E-state index contributed by atoms with van der Waals surface area (Å²) in [6.07, 6.45) is 1.84. The van der Waals surface area contributed by atoms with Crippen LogP contribution < -0.4 is 0 Å². The van der Waals surface area contributed by atoms with Crippen LogP contribution in [0, 0.1) is 18.7 Å². The van der Waals surface area contributed by atoms with Crippen LogP contribution in [0.5, 0.6) is 0 Å². The van der Waals surface area contributed by atoms with Crippen LogP contribution in [-0.2, 0) is 15.4 Å². The molecule has 3 unspecified atom stereocenters. The maximum Gasteiger partial charge on any atom is 0.213 e. The molecule has 0 spiro atoms. The first-order valence-electron chi connectivity index (χ1n) is 11.6. The number of hydrogen-bond acceptors (Lipinski definition) is 3. The lowest BCUT2D eigenvalue weighted by molar-refractivity contribution is 0.422. The minimum Gasteiger partial charge on any atom is -0.233 e. The Kier molecular flexibility index (Phi) is 4.73. The van der Waals surface area contributed by atoms with Crippen molar-refractivity contribution in [2.75, 3.05) is 18.8 Å². The van der Waals surface area contributed by atoms with Crippen LogP contribution in [0.1, 0.15) is 29.5 Å². The summed E-state index contributed by atoms with van der Waals surface area (Å²) in [6.45, 7) is 4.87. The molecule has 3 aromatic carbocycles. The molecule has 1 aliphatic heterocycles. The van der Waals surface area contributed by atoms with Gasteiger partial charge in [-0.05, 0) is 72.9 Å². The second-order valence-electron chi connectivity index (χ2n) is 9.49. The predicted molar refractivity (Wildman–Crippen MR) is 131 cm³/mol. The Morgan fingerprint density at radius 1 is 1.09 bits per heavy atom. The molecular formula is C27H26FN3O2S. The molecule has 0 radical (unpaired) electrons. The first-order chi connectivity index (χ1) is 16.3. The molecule has 34 heavy (non-hydrogen) atoms. The van der Waals surface area contributed by atoms with Crippen LogP contribution in [0.25, 0.3) is 16.6 Å². The number of hydrogen-bond donors (Lipinski definition) is 0. The van der Waals surface area contributed by atoms with E-state index in [0.29, 0.717) is 19.0 Å². The number of fused-ring (bicyclic) bond motifs is 2. The maximum absolute atomic E-state index is 13.4. The molecule has 2 heterocycles. The summed E-state index contributed by atoms with van der Waals surface area (Å²) >= 11 is 0. The highest BCUT2D eigenvalue weighted by Crippen LogP contribution is 2.70. The molecule has 0 amide bonds. The van der Waals surface area contributed by atoms with Gasteiger partial charge in [0.25, 0.3) is 0 Å². The van der Waals surface area contributed by atoms with Crippen molar-refractivity contribution < 1.29 is 12.8 Å². The number of aromatic nitrogens is 2. The molecule has 1 saturated carbocycles. The van der Waals surface area contributed by atoms with Crippen molar-refractivity contribution in [2.45, 2.75) is 25.2 Å². The van der Waals surface area contributed by atoms with Gasteiger partial charge >= 0.3 is 0 Å². The number of sulfonamides is 1. The largest absolute Gasteiger partial charge is 0.233 e. The molecule has 1 saturated heterocycles. The van der Waals surface area contributed by atoms with Crippen LogP contribution in [0.4, 0.5) is 4.39 Å². The van der Waals surface area contributed by atoms with Gasteiger partial charge in [-0.3, -0.25) is 0 Å². The van der Waals surface area contributed by atoms with E-state index in [0.717, 1.165) is 22.2 Å². The second-order valence-corrected chi connectivity index (χ2v) is 11.7. The van der Waals surface area contributed by atoms with Crippen LogP contribution in [0.2, 0.25) is 0 Å². The lowest BCUT2D eigenvalue weighted by atomic mass is 9.87. The quantitative estimate of drug-likeness (QED) is 0.417. The Morgan fingerprint density at radius 3 is 2.53 bits per heavy atom. The summed E-state index contributed by atoms with van der Waals surface area (Å²) in [5, 5.41) is 5.57. The van der Waals surface area contributed by atoms with Crippen LogP contribution in [0.3, 0.4) is 0 Å². The second kappa shape index (κ2) is 7.48. The van der Waals surface area contributed by atoms with E-state index in [-0.39, 0.29) is 22.9 Å². The zero-order chi connectivity index (χ0) is 23.7. The normalized spacial score (nSPS) is 24.4. The van der Waals surface area contributed by atoms with Gasteiger partial charge in [0.05, 0.1) is 23.2 Å². The average Bonchev–Trinajstić information content (AvgIpc) is 3.11. The van der Waals surface area contributed by atoms with Gasteiger partial charge in [-0.25, -0.2) is 21.8 Å². The van der Waals surface area contributed by atoms with Crippen LogP contribution in [-0.4, -0.2) is 41.3 Å². The Morgan fingerprint density at radius 2 is 1.82 bits per heavy atom.